The molecule has 166 valence electrons. The molecule has 2 aliphatic rings. The lowest BCUT2D eigenvalue weighted by Crippen LogP contribution is -2.41. The Labute approximate surface area is 189 Å². The van der Waals surface area contributed by atoms with E-state index in [4.69, 9.17) is 5.73 Å². The average molecular weight is 477 g/mol. The summed E-state index contributed by atoms with van der Waals surface area (Å²) in [7, 11) is -3.89. The fourth-order valence-corrected chi connectivity index (χ4v) is 5.67. The lowest BCUT2D eigenvalue weighted by Gasteiger charge is -2.30. The number of para-hydroxylation sites is 3. The second-order valence-electron chi connectivity index (χ2n) is 7.32. The summed E-state index contributed by atoms with van der Waals surface area (Å²) in [5.41, 5.74) is 7.06. The Morgan fingerprint density at radius 1 is 0.900 bits per heavy atom. The maximum Gasteiger partial charge on any atom is 0.331 e. The first-order valence-corrected chi connectivity index (χ1v) is 11.0. The molecule has 0 aromatic heterocycles. The van der Waals surface area contributed by atoms with Crippen molar-refractivity contribution in [2.75, 3.05) is 34.8 Å². The van der Waals surface area contributed by atoms with Gasteiger partial charge in [-0.2, -0.15) is 8.42 Å². The molecule has 2 N–H and O–H groups in total. The number of anilines is 3. The van der Waals surface area contributed by atoms with Gasteiger partial charge in [0.2, 0.25) is 0 Å². The van der Waals surface area contributed by atoms with E-state index in [1.54, 1.807) is 36.4 Å². The maximum absolute atomic E-state index is 14.4. The predicted molar refractivity (Wildman–Crippen MR) is 124 cm³/mol. The summed E-state index contributed by atoms with van der Waals surface area (Å²) in [5, 5.41) is 0. The van der Waals surface area contributed by atoms with E-state index in [1.807, 2.05) is 0 Å². The minimum atomic E-state index is -3.89. The number of hydrogen-bond donors (Lipinski definition) is 1. The Bertz CT molecular complexity index is 955. The van der Waals surface area contributed by atoms with Gasteiger partial charge in [-0.25, -0.2) is 8.70 Å². The van der Waals surface area contributed by atoms with E-state index in [2.05, 4.69) is 4.90 Å². The Hall–Kier alpha value is -1.58. The van der Waals surface area contributed by atoms with Gasteiger partial charge in [-0.1, -0.05) is 24.3 Å². The number of nitrogens with zero attached hydrogens (tertiary/aromatic N) is 3. The summed E-state index contributed by atoms with van der Waals surface area (Å²) in [6, 6.07) is 13.3. The molecule has 6 nitrogen and oxygen atoms in total. The second kappa shape index (κ2) is 10.2. The quantitative estimate of drug-likeness (QED) is 0.714. The minimum absolute atomic E-state index is 0. The van der Waals surface area contributed by atoms with Gasteiger partial charge in [0.05, 0.1) is 17.1 Å². The van der Waals surface area contributed by atoms with Gasteiger partial charge in [-0.15, -0.1) is 24.8 Å². The van der Waals surface area contributed by atoms with Crippen LogP contribution in [-0.4, -0.2) is 45.5 Å². The summed E-state index contributed by atoms with van der Waals surface area (Å²) < 4.78 is 43.5. The molecule has 0 atom stereocenters. The molecule has 0 bridgehead atoms. The zero-order chi connectivity index (χ0) is 19.7. The third-order valence-corrected chi connectivity index (χ3v) is 7.21. The lowest BCUT2D eigenvalue weighted by atomic mass is 10.1. The molecule has 1 fully saturated rings. The zero-order valence-electron chi connectivity index (χ0n) is 16.5. The highest BCUT2D eigenvalue weighted by Crippen LogP contribution is 2.45. The Balaban J connectivity index is 0.00000160. The van der Waals surface area contributed by atoms with Crippen LogP contribution in [0.3, 0.4) is 0 Å². The lowest BCUT2D eigenvalue weighted by molar-refractivity contribution is 0.212. The highest BCUT2D eigenvalue weighted by atomic mass is 35.5. The van der Waals surface area contributed by atoms with Crippen molar-refractivity contribution in [2.45, 2.75) is 25.3 Å². The van der Waals surface area contributed by atoms with Gasteiger partial charge in [0.15, 0.2) is 0 Å². The monoisotopic (exact) mass is 476 g/mol. The van der Waals surface area contributed by atoms with Gasteiger partial charge in [-0.3, -0.25) is 4.31 Å². The summed E-state index contributed by atoms with van der Waals surface area (Å²) in [5.74, 6) is -0.563. The molecule has 4 rings (SSSR count). The highest BCUT2D eigenvalue weighted by molar-refractivity contribution is 7.95. The SMILES string of the molecule is Cl.Cl.NC1CCN(CCCN2c3ccccc3N(c3ccccc3F)S2(=O)=O)CC1. The molecule has 2 aromatic carbocycles. The van der Waals surface area contributed by atoms with Crippen LogP contribution in [-0.2, 0) is 10.2 Å². The van der Waals surface area contributed by atoms with Crippen LogP contribution in [0.2, 0.25) is 0 Å². The summed E-state index contributed by atoms with van der Waals surface area (Å²) in [6.07, 6.45) is 2.66. The smallest absolute Gasteiger partial charge is 0.328 e. The first-order chi connectivity index (χ1) is 13.5. The fourth-order valence-electron chi connectivity index (χ4n) is 3.91. The topological polar surface area (TPSA) is 69.9 Å². The van der Waals surface area contributed by atoms with Crippen LogP contribution in [0.25, 0.3) is 0 Å². The molecule has 10 heteroatoms. The molecule has 0 spiro atoms. The van der Waals surface area contributed by atoms with Gasteiger partial charge >= 0.3 is 10.2 Å². The summed E-state index contributed by atoms with van der Waals surface area (Å²) in [6.45, 7) is 3.07. The van der Waals surface area contributed by atoms with E-state index in [0.717, 1.165) is 36.8 Å². The second-order valence-corrected chi connectivity index (χ2v) is 9.02. The van der Waals surface area contributed by atoms with Crippen LogP contribution < -0.4 is 14.3 Å². The molecule has 0 amide bonds. The van der Waals surface area contributed by atoms with E-state index in [-0.39, 0.29) is 36.5 Å². The van der Waals surface area contributed by atoms with Crippen molar-refractivity contribution in [2.24, 2.45) is 5.73 Å². The largest absolute Gasteiger partial charge is 0.331 e. The van der Waals surface area contributed by atoms with Gasteiger partial charge in [-0.05, 0) is 63.2 Å². The van der Waals surface area contributed by atoms with Crippen LogP contribution >= 0.6 is 24.8 Å². The number of piperidine rings is 1. The van der Waals surface area contributed by atoms with Crippen molar-refractivity contribution in [3.8, 4) is 0 Å². The maximum atomic E-state index is 14.4. The molecule has 2 aliphatic heterocycles. The van der Waals surface area contributed by atoms with Crippen LogP contribution in [0.15, 0.2) is 48.5 Å². The molecule has 0 radical (unpaired) electrons. The van der Waals surface area contributed by atoms with E-state index in [1.165, 1.54) is 16.4 Å². The van der Waals surface area contributed by atoms with Crippen LogP contribution in [0.4, 0.5) is 21.5 Å². The Kier molecular flexibility index (Phi) is 8.35. The number of halogens is 3. The molecular formula is C20H27Cl2FN4O2S. The van der Waals surface area contributed by atoms with Crippen LogP contribution in [0.1, 0.15) is 19.3 Å². The minimum Gasteiger partial charge on any atom is -0.328 e. The molecule has 30 heavy (non-hydrogen) atoms. The van der Waals surface area contributed by atoms with Crippen LogP contribution in [0.5, 0.6) is 0 Å². The Morgan fingerprint density at radius 3 is 2.10 bits per heavy atom. The van der Waals surface area contributed by atoms with Gasteiger partial charge < -0.3 is 10.6 Å². The van der Waals surface area contributed by atoms with Crippen molar-refractivity contribution in [1.29, 1.82) is 0 Å². The van der Waals surface area contributed by atoms with Crippen molar-refractivity contribution >= 4 is 52.1 Å². The third-order valence-electron chi connectivity index (χ3n) is 5.42. The zero-order valence-corrected chi connectivity index (χ0v) is 18.9. The van der Waals surface area contributed by atoms with Crippen molar-refractivity contribution in [3.05, 3.63) is 54.3 Å². The first-order valence-electron chi connectivity index (χ1n) is 9.63. The first kappa shape index (κ1) is 24.7. The summed E-state index contributed by atoms with van der Waals surface area (Å²) in [4.78, 5) is 2.33. The molecule has 0 aliphatic carbocycles. The average Bonchev–Trinajstić information content (AvgIpc) is 2.90. The molecule has 0 saturated carbocycles. The van der Waals surface area contributed by atoms with E-state index < -0.39 is 16.0 Å². The van der Waals surface area contributed by atoms with E-state index in [0.29, 0.717) is 24.3 Å². The summed E-state index contributed by atoms with van der Waals surface area (Å²) >= 11 is 0. The molecule has 2 heterocycles. The number of likely N-dealkylation sites (tertiary alicyclic amines) is 1. The highest BCUT2D eigenvalue weighted by Gasteiger charge is 2.41. The molecule has 0 unspecified atom stereocenters. The number of rotatable bonds is 5. The molecule has 1 saturated heterocycles. The van der Waals surface area contributed by atoms with Gasteiger partial charge in [0, 0.05) is 12.6 Å². The normalized spacial score (nSPS) is 18.5. The standard InChI is InChI=1S/C20H25FN4O2S.2ClH/c21-17-6-1-2-7-18(17)25-20-9-4-3-8-19(20)24(28(25,26)27)13-5-12-23-14-10-16(22)11-15-23;;/h1-4,6-9,16H,5,10-15,22H2;2*1H. The number of benzene rings is 2. The fraction of sp³-hybridized carbons (Fsp3) is 0.400. The molecule has 2 aromatic rings. The number of fused-ring (bicyclic) bond motifs is 1. The third kappa shape index (κ3) is 4.68. The van der Waals surface area contributed by atoms with Gasteiger partial charge in [0.25, 0.3) is 0 Å². The number of hydrogen-bond acceptors (Lipinski definition) is 4. The van der Waals surface area contributed by atoms with E-state index in [9.17, 15) is 12.8 Å². The Morgan fingerprint density at radius 2 is 1.47 bits per heavy atom. The van der Waals surface area contributed by atoms with Crippen molar-refractivity contribution < 1.29 is 12.8 Å². The van der Waals surface area contributed by atoms with Crippen molar-refractivity contribution in [1.82, 2.24) is 4.90 Å². The van der Waals surface area contributed by atoms with Crippen LogP contribution in [0, 0.1) is 5.82 Å². The van der Waals surface area contributed by atoms with E-state index >= 15 is 0 Å². The molecular weight excluding hydrogens is 450 g/mol. The van der Waals surface area contributed by atoms with Crippen molar-refractivity contribution in [3.63, 3.8) is 0 Å². The number of nitrogens with two attached hydrogens (primary N) is 1. The van der Waals surface area contributed by atoms with Gasteiger partial charge in [0.1, 0.15) is 5.82 Å². The predicted octanol–water partition coefficient (Wildman–Crippen LogP) is 3.69.